The molecule has 2 rings (SSSR count). The number of nitrogens with two attached hydrogens (primary N) is 1. The van der Waals surface area contributed by atoms with E-state index in [0.717, 1.165) is 13.1 Å². The molecular weight excluding hydrogens is 216 g/mol. The van der Waals surface area contributed by atoms with Gasteiger partial charge in [-0.15, -0.1) is 0 Å². The Morgan fingerprint density at radius 2 is 2.27 bits per heavy atom. The Labute approximate surface area is 92.4 Å². The van der Waals surface area contributed by atoms with Crippen molar-refractivity contribution in [1.29, 1.82) is 0 Å². The number of carbonyl (C=O) groups excluding carboxylic acids is 1. The Bertz CT molecular complexity index is 391. The molecule has 1 aromatic carbocycles. The molecule has 5 heteroatoms. The highest BCUT2D eigenvalue weighted by Gasteiger charge is 2.18. The maximum atomic E-state index is 10.9. The zero-order valence-electron chi connectivity index (χ0n) is 8.00. The summed E-state index contributed by atoms with van der Waals surface area (Å²) in [7, 11) is 0. The van der Waals surface area contributed by atoms with Crippen LogP contribution in [0.3, 0.4) is 0 Å². The summed E-state index contributed by atoms with van der Waals surface area (Å²) in [6.07, 6.45) is 0.195. The molecule has 4 nitrogen and oxygen atoms in total. The van der Waals surface area contributed by atoms with Gasteiger partial charge in [-0.05, 0) is 18.2 Å². The monoisotopic (exact) mass is 226 g/mol. The molecule has 15 heavy (non-hydrogen) atoms. The zero-order chi connectivity index (χ0) is 10.8. The molecule has 3 N–H and O–H groups in total. The fourth-order valence-corrected chi connectivity index (χ4v) is 1.57. The first-order valence-electron chi connectivity index (χ1n) is 4.63. The van der Waals surface area contributed by atoms with Gasteiger partial charge in [0.2, 0.25) is 5.91 Å². The molecule has 0 aromatic heterocycles. The lowest BCUT2D eigenvalue weighted by molar-refractivity contribution is 0.100. The molecule has 0 aliphatic carbocycles. The van der Waals surface area contributed by atoms with Gasteiger partial charge >= 0.3 is 0 Å². The third kappa shape index (κ3) is 2.22. The molecule has 0 unspecified atom stereocenters. The number of rotatable bonds is 3. The summed E-state index contributed by atoms with van der Waals surface area (Å²) < 4.78 is 5.57. The maximum absolute atomic E-state index is 10.9. The van der Waals surface area contributed by atoms with Gasteiger partial charge in [0.1, 0.15) is 11.9 Å². The standard InChI is InChI=1S/C10H11ClN2O2/c11-9-3-6(15-7-4-13-5-7)1-2-8(9)10(12)14/h1-3,7,13H,4-5H2,(H2,12,14). The highest BCUT2D eigenvalue weighted by molar-refractivity contribution is 6.33. The second kappa shape index (κ2) is 4.08. The molecule has 0 bridgehead atoms. The largest absolute Gasteiger partial charge is 0.488 e. The van der Waals surface area contributed by atoms with E-state index in [1.807, 2.05) is 0 Å². The molecule has 0 spiro atoms. The summed E-state index contributed by atoms with van der Waals surface area (Å²) in [5.74, 6) is 0.133. The van der Waals surface area contributed by atoms with E-state index in [1.165, 1.54) is 0 Å². The summed E-state index contributed by atoms with van der Waals surface area (Å²) >= 11 is 5.87. The van der Waals surface area contributed by atoms with Gasteiger partial charge in [-0.2, -0.15) is 0 Å². The number of hydrogen-bond acceptors (Lipinski definition) is 3. The minimum atomic E-state index is -0.531. The van der Waals surface area contributed by atoms with Crippen molar-refractivity contribution in [3.05, 3.63) is 28.8 Å². The molecule has 0 atom stereocenters. The summed E-state index contributed by atoms with van der Waals surface area (Å²) in [6.45, 7) is 1.68. The molecule has 1 aliphatic rings. The second-order valence-corrected chi connectivity index (χ2v) is 3.81. The number of benzene rings is 1. The smallest absolute Gasteiger partial charge is 0.250 e. The van der Waals surface area contributed by atoms with Crippen LogP contribution in [-0.2, 0) is 0 Å². The van der Waals surface area contributed by atoms with Crippen LogP contribution in [0.2, 0.25) is 5.02 Å². The van der Waals surface area contributed by atoms with Gasteiger partial charge in [-0.25, -0.2) is 0 Å². The van der Waals surface area contributed by atoms with Crippen LogP contribution in [0.25, 0.3) is 0 Å². The van der Waals surface area contributed by atoms with Crippen molar-refractivity contribution in [2.45, 2.75) is 6.10 Å². The van der Waals surface area contributed by atoms with Crippen molar-refractivity contribution in [1.82, 2.24) is 5.32 Å². The fourth-order valence-electron chi connectivity index (χ4n) is 1.31. The Balaban J connectivity index is 2.13. The number of carbonyl (C=O) groups is 1. The van der Waals surface area contributed by atoms with E-state index >= 15 is 0 Å². The summed E-state index contributed by atoms with van der Waals surface area (Å²) in [4.78, 5) is 10.9. The number of primary amides is 1. The van der Waals surface area contributed by atoms with Crippen LogP contribution in [0.15, 0.2) is 18.2 Å². The van der Waals surface area contributed by atoms with Crippen molar-refractivity contribution in [2.24, 2.45) is 5.73 Å². The van der Waals surface area contributed by atoms with Crippen molar-refractivity contribution in [3.8, 4) is 5.75 Å². The van der Waals surface area contributed by atoms with Gasteiger partial charge < -0.3 is 15.8 Å². The Kier molecular flexibility index (Phi) is 2.79. The first-order chi connectivity index (χ1) is 7.16. The van der Waals surface area contributed by atoms with Crippen LogP contribution in [0.4, 0.5) is 0 Å². The molecule has 1 amide bonds. The molecule has 0 radical (unpaired) electrons. The summed E-state index contributed by atoms with van der Waals surface area (Å²) in [6, 6.07) is 4.89. The van der Waals surface area contributed by atoms with E-state index in [0.29, 0.717) is 16.3 Å². The van der Waals surface area contributed by atoms with Gasteiger partial charge in [0, 0.05) is 13.1 Å². The van der Waals surface area contributed by atoms with Crippen LogP contribution in [0, 0.1) is 0 Å². The quantitative estimate of drug-likeness (QED) is 0.801. The Morgan fingerprint density at radius 1 is 1.53 bits per heavy atom. The van der Waals surface area contributed by atoms with Gasteiger partial charge in [0.15, 0.2) is 0 Å². The number of amides is 1. The molecular formula is C10H11ClN2O2. The number of nitrogens with one attached hydrogen (secondary N) is 1. The lowest BCUT2D eigenvalue weighted by Gasteiger charge is -2.27. The minimum Gasteiger partial charge on any atom is -0.488 e. The number of ether oxygens (including phenoxy) is 1. The third-order valence-electron chi connectivity index (χ3n) is 2.25. The van der Waals surface area contributed by atoms with E-state index in [9.17, 15) is 4.79 Å². The van der Waals surface area contributed by atoms with E-state index in [1.54, 1.807) is 18.2 Å². The predicted molar refractivity (Wildman–Crippen MR) is 57.3 cm³/mol. The Morgan fingerprint density at radius 3 is 2.73 bits per heavy atom. The molecule has 0 saturated carbocycles. The molecule has 1 aliphatic heterocycles. The van der Waals surface area contributed by atoms with Crippen molar-refractivity contribution < 1.29 is 9.53 Å². The maximum Gasteiger partial charge on any atom is 0.250 e. The SMILES string of the molecule is NC(=O)c1ccc(OC2CNC2)cc1Cl. The highest BCUT2D eigenvalue weighted by Crippen LogP contribution is 2.23. The normalized spacial score (nSPS) is 15.8. The van der Waals surface area contributed by atoms with Crippen molar-refractivity contribution in [3.63, 3.8) is 0 Å². The van der Waals surface area contributed by atoms with Crippen LogP contribution in [0.1, 0.15) is 10.4 Å². The molecule has 1 fully saturated rings. The minimum absolute atomic E-state index is 0.195. The Hall–Kier alpha value is -1.26. The first kappa shape index (κ1) is 10.3. The van der Waals surface area contributed by atoms with Crippen molar-refractivity contribution in [2.75, 3.05) is 13.1 Å². The topological polar surface area (TPSA) is 64.4 Å². The summed E-state index contributed by atoms with van der Waals surface area (Å²) in [5, 5.41) is 3.42. The number of hydrogen-bond donors (Lipinski definition) is 2. The molecule has 1 aromatic rings. The zero-order valence-corrected chi connectivity index (χ0v) is 8.75. The van der Waals surface area contributed by atoms with E-state index in [4.69, 9.17) is 22.1 Å². The van der Waals surface area contributed by atoms with Crippen LogP contribution in [0.5, 0.6) is 5.75 Å². The summed E-state index contributed by atoms with van der Waals surface area (Å²) in [5.41, 5.74) is 5.44. The molecule has 80 valence electrons. The van der Waals surface area contributed by atoms with Gasteiger partial charge in [0.25, 0.3) is 0 Å². The van der Waals surface area contributed by atoms with Crippen LogP contribution in [-0.4, -0.2) is 25.1 Å². The predicted octanol–water partition coefficient (Wildman–Crippen LogP) is 0.789. The lowest BCUT2D eigenvalue weighted by Crippen LogP contribution is -2.50. The van der Waals surface area contributed by atoms with Crippen LogP contribution < -0.4 is 15.8 Å². The second-order valence-electron chi connectivity index (χ2n) is 3.40. The van der Waals surface area contributed by atoms with E-state index < -0.39 is 5.91 Å². The van der Waals surface area contributed by atoms with Gasteiger partial charge in [-0.1, -0.05) is 11.6 Å². The average molecular weight is 227 g/mol. The first-order valence-corrected chi connectivity index (χ1v) is 5.01. The fraction of sp³-hybridized carbons (Fsp3) is 0.300. The number of halogens is 1. The van der Waals surface area contributed by atoms with Gasteiger partial charge in [0.05, 0.1) is 10.6 Å². The van der Waals surface area contributed by atoms with E-state index in [2.05, 4.69) is 5.32 Å². The average Bonchev–Trinajstić information content (AvgIpc) is 2.11. The van der Waals surface area contributed by atoms with Crippen molar-refractivity contribution >= 4 is 17.5 Å². The highest BCUT2D eigenvalue weighted by atomic mass is 35.5. The van der Waals surface area contributed by atoms with Gasteiger partial charge in [-0.3, -0.25) is 4.79 Å². The molecule has 1 saturated heterocycles. The lowest BCUT2D eigenvalue weighted by atomic mass is 10.2. The van der Waals surface area contributed by atoms with Crippen LogP contribution >= 0.6 is 11.6 Å². The third-order valence-corrected chi connectivity index (χ3v) is 2.57. The molecule has 1 heterocycles. The van der Waals surface area contributed by atoms with E-state index in [-0.39, 0.29) is 6.10 Å².